The van der Waals surface area contributed by atoms with E-state index in [-0.39, 0.29) is 4.90 Å². The van der Waals surface area contributed by atoms with E-state index in [1.165, 1.54) is 6.07 Å². The molecular weight excluding hydrogens is 288 g/mol. The molecule has 6 heteroatoms. The van der Waals surface area contributed by atoms with E-state index in [9.17, 15) is 8.42 Å². The van der Waals surface area contributed by atoms with Crippen molar-refractivity contribution >= 4 is 19.7 Å². The van der Waals surface area contributed by atoms with Gasteiger partial charge in [-0.15, -0.1) is 0 Å². The van der Waals surface area contributed by atoms with Gasteiger partial charge >= 0.3 is 0 Å². The van der Waals surface area contributed by atoms with Crippen molar-refractivity contribution < 1.29 is 17.9 Å². The van der Waals surface area contributed by atoms with Crippen LogP contribution in [0.1, 0.15) is 24.5 Å². The first-order valence-corrected chi connectivity index (χ1v) is 8.44. The Morgan fingerprint density at radius 1 is 1.16 bits per heavy atom. The largest absolute Gasteiger partial charge is 0.493 e. The molecule has 0 saturated heterocycles. The number of hydrogen-bond acceptors (Lipinski definition) is 4. The van der Waals surface area contributed by atoms with Gasteiger partial charge in [0.25, 0.3) is 9.05 Å². The highest BCUT2D eigenvalue weighted by atomic mass is 35.7. The Morgan fingerprint density at radius 2 is 1.84 bits per heavy atom. The van der Waals surface area contributed by atoms with E-state index in [4.69, 9.17) is 20.2 Å². The lowest BCUT2D eigenvalue weighted by Crippen LogP contribution is -2.05. The second-order valence-electron chi connectivity index (χ2n) is 4.15. The quantitative estimate of drug-likeness (QED) is 0.574. The Bertz CT molecular complexity index is 526. The second kappa shape index (κ2) is 7.12. The molecular formula is C13H19ClO4S. The molecule has 4 nitrogen and oxygen atoms in total. The van der Waals surface area contributed by atoms with Crippen LogP contribution in [0, 0.1) is 13.8 Å². The minimum absolute atomic E-state index is 0.133. The van der Waals surface area contributed by atoms with Gasteiger partial charge in [-0.05, 0) is 44.0 Å². The normalized spacial score (nSPS) is 11.6. The zero-order chi connectivity index (χ0) is 14.5. The summed E-state index contributed by atoms with van der Waals surface area (Å²) in [6, 6.07) is 3.11. The fourth-order valence-electron chi connectivity index (χ4n) is 1.68. The maximum atomic E-state index is 11.4. The van der Waals surface area contributed by atoms with Crippen LogP contribution in [0.15, 0.2) is 17.0 Å². The van der Waals surface area contributed by atoms with Crippen LogP contribution < -0.4 is 4.74 Å². The summed E-state index contributed by atoms with van der Waals surface area (Å²) in [5.41, 5.74) is 1.41. The molecule has 0 bridgehead atoms. The first-order chi connectivity index (χ1) is 8.88. The maximum absolute atomic E-state index is 11.4. The Hall–Kier alpha value is -0.780. The van der Waals surface area contributed by atoms with E-state index >= 15 is 0 Å². The van der Waals surface area contributed by atoms with E-state index in [0.717, 1.165) is 12.0 Å². The second-order valence-corrected chi connectivity index (χ2v) is 6.68. The zero-order valence-corrected chi connectivity index (χ0v) is 13.0. The average Bonchev–Trinajstić information content (AvgIpc) is 2.32. The van der Waals surface area contributed by atoms with Gasteiger partial charge in [0, 0.05) is 30.3 Å². The van der Waals surface area contributed by atoms with Crippen LogP contribution in [0.25, 0.3) is 0 Å². The molecule has 19 heavy (non-hydrogen) atoms. The fourth-order valence-corrected chi connectivity index (χ4v) is 2.93. The monoisotopic (exact) mass is 306 g/mol. The molecule has 0 aliphatic heterocycles. The van der Waals surface area contributed by atoms with Crippen molar-refractivity contribution in [3.63, 3.8) is 0 Å². The number of rotatable bonds is 7. The van der Waals surface area contributed by atoms with Crippen molar-refractivity contribution in [1.29, 1.82) is 0 Å². The zero-order valence-electron chi connectivity index (χ0n) is 11.4. The standard InChI is InChI=1S/C13H19ClO4S/c1-4-17-8-5-9-18-12-6-7-13(19(14,15)16)11(3)10(12)2/h6-7H,4-5,8-9H2,1-3H3. The molecule has 1 aromatic carbocycles. The van der Waals surface area contributed by atoms with Gasteiger partial charge in [0.1, 0.15) is 5.75 Å². The highest BCUT2D eigenvalue weighted by molar-refractivity contribution is 8.13. The molecule has 0 N–H and O–H groups in total. The van der Waals surface area contributed by atoms with Gasteiger partial charge in [-0.1, -0.05) is 0 Å². The van der Waals surface area contributed by atoms with Gasteiger partial charge in [0.15, 0.2) is 0 Å². The summed E-state index contributed by atoms with van der Waals surface area (Å²) in [5.74, 6) is 0.679. The van der Waals surface area contributed by atoms with Gasteiger partial charge in [0.2, 0.25) is 0 Å². The van der Waals surface area contributed by atoms with E-state index in [0.29, 0.717) is 31.1 Å². The first-order valence-electron chi connectivity index (χ1n) is 6.13. The average molecular weight is 307 g/mol. The van der Waals surface area contributed by atoms with Crippen molar-refractivity contribution in [2.45, 2.75) is 32.1 Å². The van der Waals surface area contributed by atoms with Crippen molar-refractivity contribution in [3.05, 3.63) is 23.3 Å². The van der Waals surface area contributed by atoms with Gasteiger partial charge in [-0.25, -0.2) is 8.42 Å². The molecule has 0 amide bonds. The lowest BCUT2D eigenvalue weighted by molar-refractivity contribution is 0.130. The predicted octanol–water partition coefficient (Wildman–Crippen LogP) is 3.04. The summed E-state index contributed by atoms with van der Waals surface area (Å²) < 4.78 is 33.5. The Morgan fingerprint density at radius 3 is 2.42 bits per heavy atom. The molecule has 0 saturated carbocycles. The minimum atomic E-state index is -3.71. The molecule has 0 aliphatic carbocycles. The van der Waals surface area contributed by atoms with Gasteiger partial charge in [-0.2, -0.15) is 0 Å². The molecule has 0 atom stereocenters. The van der Waals surface area contributed by atoms with Crippen molar-refractivity contribution in [3.8, 4) is 5.75 Å². The molecule has 0 heterocycles. The molecule has 0 radical (unpaired) electrons. The summed E-state index contributed by atoms with van der Waals surface area (Å²) in [5, 5.41) is 0. The van der Waals surface area contributed by atoms with Crippen LogP contribution in [-0.2, 0) is 13.8 Å². The first kappa shape index (κ1) is 16.3. The summed E-state index contributed by atoms with van der Waals surface area (Å²) in [6.45, 7) is 7.37. The summed E-state index contributed by atoms with van der Waals surface area (Å²) in [4.78, 5) is 0.133. The van der Waals surface area contributed by atoms with Crippen LogP contribution in [0.4, 0.5) is 0 Å². The van der Waals surface area contributed by atoms with Gasteiger partial charge in [0.05, 0.1) is 11.5 Å². The topological polar surface area (TPSA) is 52.6 Å². The molecule has 1 rings (SSSR count). The van der Waals surface area contributed by atoms with Crippen LogP contribution in [0.5, 0.6) is 5.75 Å². The Balaban J connectivity index is 2.75. The highest BCUT2D eigenvalue weighted by Crippen LogP contribution is 2.28. The third-order valence-electron chi connectivity index (χ3n) is 2.85. The summed E-state index contributed by atoms with van der Waals surface area (Å²) in [7, 11) is 1.66. The van der Waals surface area contributed by atoms with Crippen molar-refractivity contribution in [2.24, 2.45) is 0 Å². The van der Waals surface area contributed by atoms with Crippen LogP contribution in [0.3, 0.4) is 0 Å². The van der Waals surface area contributed by atoms with Gasteiger partial charge in [-0.3, -0.25) is 0 Å². The Kier molecular flexibility index (Phi) is 6.10. The SMILES string of the molecule is CCOCCCOc1ccc(S(=O)(=O)Cl)c(C)c1C. The van der Waals surface area contributed by atoms with E-state index < -0.39 is 9.05 Å². The third kappa shape index (κ3) is 4.67. The van der Waals surface area contributed by atoms with Crippen molar-refractivity contribution in [1.82, 2.24) is 0 Å². The number of benzene rings is 1. The van der Waals surface area contributed by atoms with E-state index in [2.05, 4.69) is 0 Å². The summed E-state index contributed by atoms with van der Waals surface area (Å²) in [6.07, 6.45) is 0.794. The smallest absolute Gasteiger partial charge is 0.261 e. The number of hydrogen-bond donors (Lipinski definition) is 0. The van der Waals surface area contributed by atoms with E-state index in [1.54, 1.807) is 13.0 Å². The predicted molar refractivity (Wildman–Crippen MR) is 75.6 cm³/mol. The van der Waals surface area contributed by atoms with E-state index in [1.807, 2.05) is 13.8 Å². The van der Waals surface area contributed by atoms with Crippen LogP contribution >= 0.6 is 10.7 Å². The van der Waals surface area contributed by atoms with Gasteiger partial charge < -0.3 is 9.47 Å². The Labute approximate surface area is 119 Å². The van der Waals surface area contributed by atoms with Crippen LogP contribution in [-0.4, -0.2) is 28.2 Å². The lowest BCUT2D eigenvalue weighted by atomic mass is 10.1. The highest BCUT2D eigenvalue weighted by Gasteiger charge is 2.16. The minimum Gasteiger partial charge on any atom is -0.493 e. The summed E-state index contributed by atoms with van der Waals surface area (Å²) >= 11 is 0. The molecule has 1 aromatic rings. The third-order valence-corrected chi connectivity index (χ3v) is 4.31. The molecule has 0 aromatic heterocycles. The molecule has 0 fully saturated rings. The molecule has 0 unspecified atom stereocenters. The lowest BCUT2D eigenvalue weighted by Gasteiger charge is -2.13. The number of ether oxygens (including phenoxy) is 2. The maximum Gasteiger partial charge on any atom is 0.261 e. The molecule has 0 spiro atoms. The molecule has 0 aliphatic rings. The van der Waals surface area contributed by atoms with Crippen molar-refractivity contribution in [2.75, 3.05) is 19.8 Å². The fraction of sp³-hybridized carbons (Fsp3) is 0.538. The van der Waals surface area contributed by atoms with Crippen LogP contribution in [0.2, 0.25) is 0 Å². The number of halogens is 1. The molecule has 108 valence electrons.